The molecule has 4 aromatic rings. The maximum absolute atomic E-state index is 13.0. The highest BCUT2D eigenvalue weighted by Gasteiger charge is 2.43. The van der Waals surface area contributed by atoms with Gasteiger partial charge in [0.15, 0.2) is 6.61 Å². The van der Waals surface area contributed by atoms with Crippen molar-refractivity contribution in [2.45, 2.75) is 0 Å². The summed E-state index contributed by atoms with van der Waals surface area (Å²) >= 11 is 0. The Hall–Kier alpha value is -4.14. The van der Waals surface area contributed by atoms with Gasteiger partial charge in [-0.3, -0.25) is 9.59 Å². The van der Waals surface area contributed by atoms with E-state index in [0.717, 1.165) is 11.2 Å². The fraction of sp³-hybridized carbons (Fsp3) is 0.280. The smallest absolute Gasteiger partial charge is 0.260 e. The lowest BCUT2D eigenvalue weighted by molar-refractivity contribution is -0.132. The highest BCUT2D eigenvalue weighted by Crippen LogP contribution is 2.32. The Morgan fingerprint density at radius 3 is 2.38 bits per heavy atom. The van der Waals surface area contributed by atoms with Gasteiger partial charge in [0.1, 0.15) is 16.8 Å². The molecule has 2 aromatic carbocycles. The number of carbonyl (C=O) groups excluding carboxylic acids is 2. The van der Waals surface area contributed by atoms with Crippen molar-refractivity contribution in [3.8, 4) is 11.4 Å². The number of fused-ring (bicyclic) bond motifs is 2. The van der Waals surface area contributed by atoms with Gasteiger partial charge in [0.2, 0.25) is 0 Å². The minimum atomic E-state index is -0.0222. The highest BCUT2D eigenvalue weighted by molar-refractivity contribution is 5.97. The molecule has 2 atom stereocenters. The standard InChI is InChI=1S/C25H24N6O3/c32-24(16-34-23-6-2-1-5-22(23)29-9-3-4-10-29)30-12-18-14-31(15-19(18)13-30)25(33)17-7-8-20-21(11-17)27-28-26-20/h1-11,18-19H,12-16H2,(H,26,27,28)/t18-,19-/m0/s1. The zero-order valence-electron chi connectivity index (χ0n) is 18.5. The van der Waals surface area contributed by atoms with Crippen LogP contribution in [0.1, 0.15) is 10.4 Å². The molecule has 34 heavy (non-hydrogen) atoms. The van der Waals surface area contributed by atoms with Crippen molar-refractivity contribution in [3.63, 3.8) is 0 Å². The summed E-state index contributed by atoms with van der Waals surface area (Å²) in [5.41, 5.74) is 2.93. The van der Waals surface area contributed by atoms with Gasteiger partial charge >= 0.3 is 0 Å². The summed E-state index contributed by atoms with van der Waals surface area (Å²) in [5, 5.41) is 10.7. The third kappa shape index (κ3) is 3.68. The molecule has 0 aliphatic carbocycles. The second-order valence-corrected chi connectivity index (χ2v) is 8.90. The van der Waals surface area contributed by atoms with E-state index in [9.17, 15) is 9.59 Å². The van der Waals surface area contributed by atoms with Crippen LogP contribution in [0.15, 0.2) is 67.0 Å². The van der Waals surface area contributed by atoms with Crippen molar-refractivity contribution in [1.82, 2.24) is 29.8 Å². The fourth-order valence-electron chi connectivity index (χ4n) is 5.04. The van der Waals surface area contributed by atoms with Crippen LogP contribution >= 0.6 is 0 Å². The molecule has 6 rings (SSSR count). The summed E-state index contributed by atoms with van der Waals surface area (Å²) in [7, 11) is 0. The van der Waals surface area contributed by atoms with Crippen molar-refractivity contribution in [1.29, 1.82) is 0 Å². The quantitative estimate of drug-likeness (QED) is 0.497. The number of para-hydroxylation sites is 2. The van der Waals surface area contributed by atoms with Crippen LogP contribution in [0.25, 0.3) is 16.7 Å². The number of ether oxygens (including phenoxy) is 1. The van der Waals surface area contributed by atoms with E-state index < -0.39 is 0 Å². The van der Waals surface area contributed by atoms with Crippen LogP contribution < -0.4 is 4.74 Å². The number of hydrogen-bond donors (Lipinski definition) is 1. The number of amides is 2. The Morgan fingerprint density at radius 2 is 1.59 bits per heavy atom. The number of aromatic amines is 1. The summed E-state index contributed by atoms with van der Waals surface area (Å²) in [6, 6.07) is 17.0. The number of carbonyl (C=O) groups is 2. The van der Waals surface area contributed by atoms with E-state index in [0.29, 0.717) is 43.0 Å². The summed E-state index contributed by atoms with van der Waals surface area (Å²) in [4.78, 5) is 29.7. The van der Waals surface area contributed by atoms with Crippen LogP contribution in [-0.2, 0) is 4.79 Å². The molecule has 9 nitrogen and oxygen atoms in total. The molecule has 2 aliphatic heterocycles. The molecule has 0 bridgehead atoms. The van der Waals surface area contributed by atoms with Crippen molar-refractivity contribution < 1.29 is 14.3 Å². The Morgan fingerprint density at radius 1 is 0.882 bits per heavy atom. The second-order valence-electron chi connectivity index (χ2n) is 8.90. The zero-order chi connectivity index (χ0) is 23.1. The molecule has 2 fully saturated rings. The second kappa shape index (κ2) is 8.33. The average Bonchev–Trinajstić information content (AvgIpc) is 3.65. The van der Waals surface area contributed by atoms with Crippen molar-refractivity contribution >= 4 is 22.8 Å². The predicted octanol–water partition coefficient (Wildman–Crippen LogP) is 2.36. The number of rotatable bonds is 5. The Kier molecular flexibility index (Phi) is 5.01. The topological polar surface area (TPSA) is 96.4 Å². The number of hydrogen-bond acceptors (Lipinski definition) is 5. The van der Waals surface area contributed by atoms with Gasteiger partial charge in [-0.15, -0.1) is 0 Å². The SMILES string of the molecule is O=C(COc1ccccc1-n1cccc1)N1C[C@H]2CN(C(=O)c3ccc4n[nH]nc4c3)C[C@@H]2C1. The molecule has 9 heteroatoms. The minimum absolute atomic E-state index is 0.00190. The molecule has 2 aromatic heterocycles. The largest absolute Gasteiger partial charge is 0.482 e. The monoisotopic (exact) mass is 456 g/mol. The van der Waals surface area contributed by atoms with Crippen molar-refractivity contribution in [2.75, 3.05) is 32.8 Å². The summed E-state index contributed by atoms with van der Waals surface area (Å²) in [6.45, 7) is 2.61. The van der Waals surface area contributed by atoms with Crippen LogP contribution in [0.3, 0.4) is 0 Å². The summed E-state index contributed by atoms with van der Waals surface area (Å²) in [6.07, 6.45) is 3.89. The molecular formula is C25H24N6O3. The average molecular weight is 457 g/mol. The molecule has 2 amide bonds. The highest BCUT2D eigenvalue weighted by atomic mass is 16.5. The third-order valence-corrected chi connectivity index (χ3v) is 6.79. The minimum Gasteiger partial charge on any atom is -0.482 e. The predicted molar refractivity (Wildman–Crippen MR) is 125 cm³/mol. The molecule has 2 aliphatic rings. The van der Waals surface area contributed by atoms with Crippen molar-refractivity contribution in [2.24, 2.45) is 11.8 Å². The number of likely N-dealkylation sites (tertiary alicyclic amines) is 2. The Balaban J connectivity index is 1.06. The van der Waals surface area contributed by atoms with E-state index >= 15 is 0 Å². The molecule has 0 radical (unpaired) electrons. The third-order valence-electron chi connectivity index (χ3n) is 6.79. The van der Waals surface area contributed by atoms with E-state index in [1.807, 2.05) is 63.2 Å². The van der Waals surface area contributed by atoms with Crippen molar-refractivity contribution in [3.05, 3.63) is 72.6 Å². The first kappa shape index (κ1) is 20.5. The molecule has 0 spiro atoms. The van der Waals surface area contributed by atoms with Crippen LogP contribution in [0.4, 0.5) is 0 Å². The molecule has 4 heterocycles. The van der Waals surface area contributed by atoms with Gasteiger partial charge in [-0.05, 0) is 42.5 Å². The molecule has 1 N–H and O–H groups in total. The molecule has 172 valence electrons. The Labute approximate surface area is 195 Å². The first-order valence-corrected chi connectivity index (χ1v) is 11.4. The summed E-state index contributed by atoms with van der Waals surface area (Å²) in [5.74, 6) is 1.23. The first-order valence-electron chi connectivity index (χ1n) is 11.4. The zero-order valence-corrected chi connectivity index (χ0v) is 18.5. The Bertz CT molecular complexity index is 1330. The van der Waals surface area contributed by atoms with E-state index in [-0.39, 0.29) is 30.3 Å². The van der Waals surface area contributed by atoms with Gasteiger partial charge in [0, 0.05) is 56.0 Å². The number of benzene rings is 2. The molecular weight excluding hydrogens is 432 g/mol. The van der Waals surface area contributed by atoms with Crippen LogP contribution in [0.5, 0.6) is 5.75 Å². The van der Waals surface area contributed by atoms with Gasteiger partial charge in [0.25, 0.3) is 11.8 Å². The fourth-order valence-corrected chi connectivity index (χ4v) is 5.04. The number of H-pyrrole nitrogens is 1. The maximum atomic E-state index is 13.0. The number of nitrogens with zero attached hydrogens (tertiary/aromatic N) is 5. The molecule has 2 saturated heterocycles. The number of aromatic nitrogens is 4. The lowest BCUT2D eigenvalue weighted by atomic mass is 10.0. The van der Waals surface area contributed by atoms with Gasteiger partial charge in [-0.2, -0.15) is 15.4 Å². The van der Waals surface area contributed by atoms with Crippen LogP contribution in [0, 0.1) is 11.8 Å². The van der Waals surface area contributed by atoms with Crippen LogP contribution in [0.2, 0.25) is 0 Å². The number of nitrogens with one attached hydrogen (secondary N) is 1. The van der Waals surface area contributed by atoms with Gasteiger partial charge in [-0.1, -0.05) is 12.1 Å². The van der Waals surface area contributed by atoms with E-state index in [2.05, 4.69) is 15.4 Å². The maximum Gasteiger partial charge on any atom is 0.260 e. The van der Waals surface area contributed by atoms with Gasteiger partial charge in [-0.25, -0.2) is 0 Å². The lowest BCUT2D eigenvalue weighted by Crippen LogP contribution is -2.37. The lowest BCUT2D eigenvalue weighted by Gasteiger charge is -2.22. The van der Waals surface area contributed by atoms with Gasteiger partial charge in [0.05, 0.1) is 5.69 Å². The molecule has 0 unspecified atom stereocenters. The van der Waals surface area contributed by atoms with E-state index in [1.165, 1.54) is 0 Å². The van der Waals surface area contributed by atoms with E-state index in [1.54, 1.807) is 18.2 Å². The molecule has 0 saturated carbocycles. The normalized spacial score (nSPS) is 19.5. The van der Waals surface area contributed by atoms with Gasteiger partial charge < -0.3 is 19.1 Å². The summed E-state index contributed by atoms with van der Waals surface area (Å²) < 4.78 is 7.88. The van der Waals surface area contributed by atoms with E-state index in [4.69, 9.17) is 4.74 Å². The first-order chi connectivity index (χ1) is 16.7. The van der Waals surface area contributed by atoms with Crippen LogP contribution in [-0.4, -0.2) is 74.4 Å².